The topological polar surface area (TPSA) is 47.9 Å². The van der Waals surface area contributed by atoms with E-state index in [0.717, 1.165) is 0 Å². The molecule has 5 heteroatoms. The van der Waals surface area contributed by atoms with Crippen LogP contribution in [0.25, 0.3) is 0 Å². The normalized spacial score (nSPS) is 26.6. The van der Waals surface area contributed by atoms with Crippen molar-refractivity contribution >= 4 is 8.32 Å². The summed E-state index contributed by atoms with van der Waals surface area (Å²) < 4.78 is 17.4. The monoisotopic (exact) mass is 304 g/mol. The van der Waals surface area contributed by atoms with E-state index in [1.54, 1.807) is 0 Å². The molecule has 0 unspecified atom stereocenters. The molecule has 0 radical (unpaired) electrons. The van der Waals surface area contributed by atoms with Gasteiger partial charge in [-0.2, -0.15) is 0 Å². The molecule has 1 N–H and O–H groups in total. The first-order valence-electron chi connectivity index (χ1n) is 7.49. The predicted molar refractivity (Wildman–Crippen MR) is 83.2 cm³/mol. The highest BCUT2D eigenvalue weighted by Gasteiger charge is 2.41. The van der Waals surface area contributed by atoms with Crippen LogP contribution in [0.15, 0.2) is 0 Å². The molecule has 1 rings (SSSR count). The zero-order valence-electron chi connectivity index (χ0n) is 14.3. The van der Waals surface area contributed by atoms with Crippen molar-refractivity contribution in [3.63, 3.8) is 0 Å². The van der Waals surface area contributed by atoms with Crippen molar-refractivity contribution in [2.24, 2.45) is 5.92 Å². The Bertz CT molecular complexity index is 322. The summed E-state index contributed by atoms with van der Waals surface area (Å²) in [5, 5.41) is 10.6. The van der Waals surface area contributed by atoms with Crippen molar-refractivity contribution in [1.82, 2.24) is 0 Å². The maximum Gasteiger partial charge on any atom is 0.191 e. The van der Waals surface area contributed by atoms with Gasteiger partial charge < -0.3 is 19.0 Å². The number of aliphatic hydroxyl groups excluding tert-OH is 1. The van der Waals surface area contributed by atoms with E-state index in [9.17, 15) is 5.11 Å². The molecule has 1 aliphatic rings. The molecular formula is C15H32O4Si. The Morgan fingerprint density at radius 2 is 1.90 bits per heavy atom. The largest absolute Gasteiger partial charge is 0.416 e. The quantitative estimate of drug-likeness (QED) is 0.793. The molecule has 0 bridgehead atoms. The molecule has 20 heavy (non-hydrogen) atoms. The lowest BCUT2D eigenvalue weighted by Gasteiger charge is -2.37. The van der Waals surface area contributed by atoms with Crippen LogP contribution >= 0.6 is 0 Å². The van der Waals surface area contributed by atoms with Gasteiger partial charge in [0.05, 0.1) is 12.7 Å². The molecule has 1 saturated heterocycles. The van der Waals surface area contributed by atoms with Gasteiger partial charge in [-0.05, 0) is 32.0 Å². The lowest BCUT2D eigenvalue weighted by molar-refractivity contribution is -0.155. The first kappa shape index (κ1) is 18.1. The number of hydrogen-bond donors (Lipinski definition) is 1. The Morgan fingerprint density at radius 1 is 1.35 bits per heavy atom. The van der Waals surface area contributed by atoms with Crippen LogP contribution in [0.5, 0.6) is 0 Å². The van der Waals surface area contributed by atoms with E-state index < -0.39 is 20.2 Å². The molecule has 1 fully saturated rings. The van der Waals surface area contributed by atoms with Crippen molar-refractivity contribution in [2.75, 3.05) is 13.2 Å². The first-order chi connectivity index (χ1) is 8.86. The van der Waals surface area contributed by atoms with Crippen LogP contribution in [-0.2, 0) is 13.9 Å². The fourth-order valence-electron chi connectivity index (χ4n) is 1.91. The summed E-state index contributed by atoms with van der Waals surface area (Å²) in [6.07, 6.45) is -0.815. The zero-order chi connectivity index (χ0) is 15.8. The number of ether oxygens (including phenoxy) is 2. The van der Waals surface area contributed by atoms with Crippen LogP contribution in [0.1, 0.15) is 41.5 Å². The second-order valence-corrected chi connectivity index (χ2v) is 12.7. The first-order valence-corrected chi connectivity index (χ1v) is 10.4. The maximum absolute atomic E-state index is 10.4. The van der Waals surface area contributed by atoms with Crippen molar-refractivity contribution in [1.29, 1.82) is 0 Å². The van der Waals surface area contributed by atoms with Crippen molar-refractivity contribution in [3.8, 4) is 0 Å². The second kappa shape index (κ2) is 6.05. The Kier molecular flexibility index (Phi) is 5.47. The molecule has 3 atom stereocenters. The van der Waals surface area contributed by atoms with E-state index in [2.05, 4.69) is 33.9 Å². The van der Waals surface area contributed by atoms with Gasteiger partial charge in [0.2, 0.25) is 0 Å². The zero-order valence-corrected chi connectivity index (χ0v) is 15.3. The molecule has 120 valence electrons. The Hall–Kier alpha value is 0.0569. The fraction of sp³-hybridized carbons (Fsp3) is 1.00. The van der Waals surface area contributed by atoms with Gasteiger partial charge in [-0.15, -0.1) is 0 Å². The van der Waals surface area contributed by atoms with E-state index in [1.807, 2.05) is 20.8 Å². The molecule has 0 aromatic carbocycles. The number of rotatable bonds is 5. The third kappa shape index (κ3) is 4.53. The van der Waals surface area contributed by atoms with E-state index in [0.29, 0.717) is 13.2 Å². The molecule has 1 aliphatic heterocycles. The Labute approximate surface area is 124 Å². The lowest BCUT2D eigenvalue weighted by atomic mass is 10.0. The molecule has 4 nitrogen and oxygen atoms in total. The van der Waals surface area contributed by atoms with Gasteiger partial charge in [0.25, 0.3) is 0 Å². The third-order valence-corrected chi connectivity index (χ3v) is 9.01. The number of aliphatic hydroxyl groups is 1. The maximum atomic E-state index is 10.4. The minimum Gasteiger partial charge on any atom is -0.416 e. The average Bonchev–Trinajstić information content (AvgIpc) is 2.64. The molecule has 0 aliphatic carbocycles. The van der Waals surface area contributed by atoms with Gasteiger partial charge in [0.1, 0.15) is 6.10 Å². The standard InChI is InChI=1S/C15H32O4Si/c1-11(9-18-20(7,8)14(2,3)4)13(16)12-10-17-15(5,6)19-12/h11-13,16H,9-10H2,1-8H3/t11-,12-,13-/m1/s1. The summed E-state index contributed by atoms with van der Waals surface area (Å²) in [7, 11) is -1.76. The summed E-state index contributed by atoms with van der Waals surface area (Å²) in [4.78, 5) is 0. The molecular weight excluding hydrogens is 272 g/mol. The van der Waals surface area contributed by atoms with Crippen LogP contribution in [0, 0.1) is 5.92 Å². The second-order valence-electron chi connectivity index (χ2n) is 7.91. The summed E-state index contributed by atoms with van der Waals surface area (Å²) in [6.45, 7) is 17.9. The molecule has 0 saturated carbocycles. The molecule has 0 aromatic heterocycles. The number of hydrogen-bond acceptors (Lipinski definition) is 4. The van der Waals surface area contributed by atoms with E-state index in [1.165, 1.54) is 0 Å². The fourth-order valence-corrected chi connectivity index (χ4v) is 3.02. The summed E-state index contributed by atoms with van der Waals surface area (Å²) in [6, 6.07) is 0. The van der Waals surface area contributed by atoms with Gasteiger partial charge in [-0.25, -0.2) is 0 Å². The Balaban J connectivity index is 2.49. The van der Waals surface area contributed by atoms with Gasteiger partial charge in [0, 0.05) is 12.5 Å². The molecule has 0 aromatic rings. The molecule has 1 heterocycles. The highest BCUT2D eigenvalue weighted by molar-refractivity contribution is 6.74. The van der Waals surface area contributed by atoms with Crippen LogP contribution in [0.3, 0.4) is 0 Å². The Morgan fingerprint density at radius 3 is 2.30 bits per heavy atom. The van der Waals surface area contributed by atoms with Crippen molar-refractivity contribution in [2.45, 2.75) is 77.7 Å². The minimum atomic E-state index is -1.76. The minimum absolute atomic E-state index is 0.0339. The van der Waals surface area contributed by atoms with E-state index >= 15 is 0 Å². The lowest BCUT2D eigenvalue weighted by Crippen LogP contribution is -2.44. The summed E-state index contributed by atoms with van der Waals surface area (Å²) in [5.74, 6) is -0.558. The van der Waals surface area contributed by atoms with Crippen molar-refractivity contribution < 1.29 is 19.0 Å². The third-order valence-electron chi connectivity index (χ3n) is 4.51. The highest BCUT2D eigenvalue weighted by Crippen LogP contribution is 2.37. The van der Waals surface area contributed by atoms with Gasteiger partial charge in [0.15, 0.2) is 14.1 Å². The van der Waals surface area contributed by atoms with Gasteiger partial charge in [-0.1, -0.05) is 27.7 Å². The highest BCUT2D eigenvalue weighted by atomic mass is 28.4. The SMILES string of the molecule is C[C@H](CO[Si](C)(C)C(C)(C)C)[C@@H](O)[C@H]1COC(C)(C)O1. The molecule has 0 spiro atoms. The molecule has 0 amide bonds. The predicted octanol–water partition coefficient (Wildman–Crippen LogP) is 3.16. The van der Waals surface area contributed by atoms with Crippen LogP contribution < -0.4 is 0 Å². The smallest absolute Gasteiger partial charge is 0.191 e. The van der Waals surface area contributed by atoms with E-state index in [-0.39, 0.29) is 17.1 Å². The summed E-state index contributed by atoms with van der Waals surface area (Å²) in [5.41, 5.74) is 0. The summed E-state index contributed by atoms with van der Waals surface area (Å²) >= 11 is 0. The van der Waals surface area contributed by atoms with Gasteiger partial charge >= 0.3 is 0 Å². The van der Waals surface area contributed by atoms with Gasteiger partial charge in [-0.3, -0.25) is 0 Å². The van der Waals surface area contributed by atoms with Crippen LogP contribution in [0.2, 0.25) is 18.1 Å². The van der Waals surface area contributed by atoms with Crippen LogP contribution in [0.4, 0.5) is 0 Å². The van der Waals surface area contributed by atoms with E-state index in [4.69, 9.17) is 13.9 Å². The van der Waals surface area contributed by atoms with Crippen molar-refractivity contribution in [3.05, 3.63) is 0 Å². The average molecular weight is 305 g/mol. The van der Waals surface area contributed by atoms with Crippen LogP contribution in [-0.4, -0.2) is 44.6 Å².